The zero-order valence-corrected chi connectivity index (χ0v) is 15.2. The van der Waals surface area contributed by atoms with E-state index in [4.69, 9.17) is 16.1 Å². The Morgan fingerprint density at radius 3 is 2.73 bits per heavy atom. The number of carbonyl (C=O) groups excluding carboxylic acids is 1. The first kappa shape index (κ1) is 17.8. The van der Waals surface area contributed by atoms with Crippen LogP contribution in [0.25, 0.3) is 5.82 Å². The van der Waals surface area contributed by atoms with Gasteiger partial charge in [-0.05, 0) is 44.5 Å². The van der Waals surface area contributed by atoms with Gasteiger partial charge in [0.25, 0.3) is 0 Å². The van der Waals surface area contributed by atoms with Crippen LogP contribution in [0.2, 0.25) is 5.02 Å². The molecule has 0 saturated heterocycles. The summed E-state index contributed by atoms with van der Waals surface area (Å²) in [4.78, 5) is 10.9. The number of halogens is 1. The molecule has 0 spiro atoms. The predicted octanol–water partition coefficient (Wildman–Crippen LogP) is 2.85. The minimum absolute atomic E-state index is 0.0201. The molecule has 1 aromatic carbocycles. The Bertz CT molecular complexity index is 1000. The summed E-state index contributed by atoms with van der Waals surface area (Å²) in [6.45, 7) is 5.74. The van der Waals surface area contributed by atoms with Crippen molar-refractivity contribution in [3.8, 4) is 5.82 Å². The van der Waals surface area contributed by atoms with Gasteiger partial charge in [-0.3, -0.25) is 9.99 Å². The van der Waals surface area contributed by atoms with E-state index < -0.39 is 5.97 Å². The zero-order valence-electron chi connectivity index (χ0n) is 14.4. The molecule has 0 aliphatic heterocycles. The van der Waals surface area contributed by atoms with E-state index in [1.165, 1.54) is 18.2 Å². The summed E-state index contributed by atoms with van der Waals surface area (Å²) in [6.07, 6.45) is 1.63. The number of aryl methyl sites for hydroxylation is 2. The van der Waals surface area contributed by atoms with Gasteiger partial charge in [0.05, 0.1) is 22.9 Å². The lowest BCUT2D eigenvalue weighted by Gasteiger charge is -2.07. The molecule has 0 fully saturated rings. The molecular weight excluding hydrogens is 356 g/mol. The number of aromatic nitrogens is 2. The van der Waals surface area contributed by atoms with Crippen molar-refractivity contribution >= 4 is 29.5 Å². The average Bonchev–Trinajstić information content (AvgIpc) is 3.12. The summed E-state index contributed by atoms with van der Waals surface area (Å²) in [5.74, 6) is 0.154. The number of nitrogens with zero attached hydrogens (tertiary/aromatic N) is 3. The van der Waals surface area contributed by atoms with E-state index in [-0.39, 0.29) is 5.56 Å². The lowest BCUT2D eigenvalue weighted by molar-refractivity contribution is -0.255. The van der Waals surface area contributed by atoms with Crippen LogP contribution in [-0.4, -0.2) is 21.9 Å². The Morgan fingerprint density at radius 2 is 2.08 bits per heavy atom. The van der Waals surface area contributed by atoms with Crippen molar-refractivity contribution in [1.82, 2.24) is 9.72 Å². The second-order valence-electron chi connectivity index (χ2n) is 5.81. The van der Waals surface area contributed by atoms with Crippen LogP contribution in [0.5, 0.6) is 0 Å². The van der Waals surface area contributed by atoms with Crippen LogP contribution in [0.1, 0.15) is 33.1 Å². The van der Waals surface area contributed by atoms with E-state index in [0.717, 1.165) is 22.7 Å². The summed E-state index contributed by atoms with van der Waals surface area (Å²) in [6, 6.07) is 8.04. The van der Waals surface area contributed by atoms with Gasteiger partial charge >= 0.3 is 0 Å². The van der Waals surface area contributed by atoms with Gasteiger partial charge < -0.3 is 14.4 Å². The molecule has 0 unspecified atom stereocenters. The van der Waals surface area contributed by atoms with Crippen LogP contribution in [0, 0.1) is 20.8 Å². The number of carbonyl (C=O) groups is 1. The number of anilines is 1. The molecule has 8 heteroatoms. The topological polar surface area (TPSA) is 95.5 Å². The maximum atomic E-state index is 10.9. The van der Waals surface area contributed by atoms with E-state index in [2.05, 4.69) is 15.7 Å². The van der Waals surface area contributed by atoms with Crippen LogP contribution in [0.3, 0.4) is 0 Å². The van der Waals surface area contributed by atoms with E-state index >= 15 is 0 Å². The number of rotatable bonds is 5. The molecule has 2 aromatic heterocycles. The summed E-state index contributed by atoms with van der Waals surface area (Å²) in [5.41, 5.74) is 5.96. The maximum absolute atomic E-state index is 10.9. The molecule has 26 heavy (non-hydrogen) atoms. The van der Waals surface area contributed by atoms with E-state index in [1.807, 2.05) is 37.5 Å². The molecule has 1 N–H and O–H groups in total. The third-order valence-electron chi connectivity index (χ3n) is 3.91. The molecule has 3 aromatic rings. The van der Waals surface area contributed by atoms with E-state index in [0.29, 0.717) is 16.5 Å². The molecule has 2 heterocycles. The number of benzene rings is 1. The number of hydrogen-bond acceptors (Lipinski definition) is 6. The average molecular weight is 372 g/mol. The lowest BCUT2D eigenvalue weighted by atomic mass is 10.2. The predicted molar refractivity (Wildman–Crippen MR) is 97.0 cm³/mol. The van der Waals surface area contributed by atoms with Gasteiger partial charge in [0.2, 0.25) is 0 Å². The second-order valence-corrected chi connectivity index (χ2v) is 6.22. The highest BCUT2D eigenvalue weighted by Crippen LogP contribution is 2.23. The Balaban J connectivity index is 1.84. The van der Waals surface area contributed by atoms with Crippen molar-refractivity contribution in [1.29, 1.82) is 0 Å². The second kappa shape index (κ2) is 7.05. The van der Waals surface area contributed by atoms with Gasteiger partial charge in [0.1, 0.15) is 5.76 Å². The van der Waals surface area contributed by atoms with Gasteiger partial charge in [-0.15, -0.1) is 0 Å². The number of hydrogen-bond donors (Lipinski definition) is 1. The normalized spacial score (nSPS) is 11.2. The summed E-state index contributed by atoms with van der Waals surface area (Å²) in [7, 11) is 0. The van der Waals surface area contributed by atoms with Gasteiger partial charge in [0.15, 0.2) is 5.82 Å². The maximum Gasteiger partial charge on any atom is 0.180 e. The molecule has 0 radical (unpaired) electrons. The lowest BCUT2D eigenvalue weighted by Crippen LogP contribution is -2.22. The van der Waals surface area contributed by atoms with Crippen LogP contribution < -0.4 is 10.5 Å². The molecular formula is C18H16ClN4O3-. The minimum atomic E-state index is -1.28. The number of hydrazone groups is 1. The van der Waals surface area contributed by atoms with Crippen LogP contribution in [-0.2, 0) is 0 Å². The number of carboxylic acids is 1. The highest BCUT2D eigenvalue weighted by atomic mass is 35.5. The molecule has 0 aliphatic carbocycles. The smallest absolute Gasteiger partial charge is 0.180 e. The fourth-order valence-corrected chi connectivity index (χ4v) is 2.80. The molecule has 7 nitrogen and oxygen atoms in total. The Kier molecular flexibility index (Phi) is 4.81. The quantitative estimate of drug-likeness (QED) is 0.549. The molecule has 3 rings (SSSR count). The highest BCUT2D eigenvalue weighted by molar-refractivity contribution is 6.33. The Hall–Kier alpha value is -3.06. The summed E-state index contributed by atoms with van der Waals surface area (Å²) >= 11 is 6.05. The van der Waals surface area contributed by atoms with Gasteiger partial charge in [-0.25, -0.2) is 0 Å². The van der Waals surface area contributed by atoms with E-state index in [9.17, 15) is 9.90 Å². The van der Waals surface area contributed by atoms with Gasteiger partial charge in [-0.1, -0.05) is 22.8 Å². The number of carboxylic acid groups (broad SMARTS) is 1. The number of aromatic carboxylic acids is 1. The highest BCUT2D eigenvalue weighted by Gasteiger charge is 2.12. The third-order valence-corrected chi connectivity index (χ3v) is 4.24. The first-order valence-corrected chi connectivity index (χ1v) is 8.17. The number of nitrogens with one attached hydrogen (secondary N) is 1. The summed E-state index contributed by atoms with van der Waals surface area (Å²) < 4.78 is 7.10. The molecule has 0 aliphatic rings. The molecule has 134 valence electrons. The van der Waals surface area contributed by atoms with Crippen molar-refractivity contribution in [3.63, 3.8) is 0 Å². The fraction of sp³-hybridized carbons (Fsp3) is 0.167. The van der Waals surface area contributed by atoms with Crippen LogP contribution in [0.15, 0.2) is 40.0 Å². The van der Waals surface area contributed by atoms with Gasteiger partial charge in [0, 0.05) is 23.0 Å². The zero-order chi connectivity index (χ0) is 18.8. The largest absolute Gasteiger partial charge is 0.545 e. The van der Waals surface area contributed by atoms with Crippen molar-refractivity contribution in [3.05, 3.63) is 63.6 Å². The first-order chi connectivity index (χ1) is 12.4. The van der Waals surface area contributed by atoms with Crippen molar-refractivity contribution in [2.45, 2.75) is 20.8 Å². The molecule has 0 atom stereocenters. The van der Waals surface area contributed by atoms with Crippen LogP contribution >= 0.6 is 11.6 Å². The Labute approximate surface area is 154 Å². The van der Waals surface area contributed by atoms with Gasteiger partial charge in [-0.2, -0.15) is 5.10 Å². The monoisotopic (exact) mass is 371 g/mol. The van der Waals surface area contributed by atoms with Crippen LogP contribution in [0.4, 0.5) is 5.69 Å². The third kappa shape index (κ3) is 3.48. The SMILES string of the molecule is Cc1cc(-n2c(C)cc(/C=N\Nc3cc(C(=O)[O-])ccc3Cl)c2C)no1. The van der Waals surface area contributed by atoms with E-state index in [1.54, 1.807) is 6.21 Å². The fourth-order valence-electron chi connectivity index (χ4n) is 2.64. The molecule has 0 bridgehead atoms. The first-order valence-electron chi connectivity index (χ1n) is 7.79. The van der Waals surface area contributed by atoms with Crippen molar-refractivity contribution in [2.75, 3.05) is 5.43 Å². The minimum Gasteiger partial charge on any atom is -0.545 e. The van der Waals surface area contributed by atoms with Crippen molar-refractivity contribution in [2.24, 2.45) is 5.10 Å². The standard InChI is InChI=1S/C18H17ClN4O3/c1-10-6-14(12(3)23(10)17-7-11(2)26-22-17)9-20-21-16-8-13(18(24)25)4-5-15(16)19/h4-9,21H,1-3H3,(H,24,25)/p-1/b20-9-. The Morgan fingerprint density at radius 1 is 1.31 bits per heavy atom. The van der Waals surface area contributed by atoms with Crippen molar-refractivity contribution < 1.29 is 14.4 Å². The molecule has 0 amide bonds. The molecule has 0 saturated carbocycles. The summed E-state index contributed by atoms with van der Waals surface area (Å²) in [5, 5.41) is 19.5.